The Bertz CT molecular complexity index is 1220. The van der Waals surface area contributed by atoms with E-state index in [1.165, 1.54) is 0 Å². The number of benzene rings is 2. The zero-order chi connectivity index (χ0) is 24.3. The Morgan fingerprint density at radius 2 is 1.91 bits per heavy atom. The topological polar surface area (TPSA) is 80.0 Å². The Balaban J connectivity index is 1.45. The van der Waals surface area contributed by atoms with Crippen LogP contribution in [0.25, 0.3) is 11.3 Å². The third kappa shape index (κ3) is 6.63. The van der Waals surface area contributed by atoms with Gasteiger partial charge in [0.25, 0.3) is 0 Å². The van der Waals surface area contributed by atoms with Gasteiger partial charge in [-0.3, -0.25) is 4.90 Å². The van der Waals surface area contributed by atoms with Crippen molar-refractivity contribution < 1.29 is 22.7 Å². The van der Waals surface area contributed by atoms with E-state index >= 15 is 0 Å². The molecule has 1 N–H and O–H groups in total. The average Bonchev–Trinajstić information content (AvgIpc) is 3.37. The van der Waals surface area contributed by atoms with Crippen LogP contribution in [-0.2, 0) is 16.4 Å². The number of aliphatic hydroxyl groups excluding tert-OH is 1. The van der Waals surface area contributed by atoms with Crippen LogP contribution in [0, 0.1) is 13.8 Å². The fourth-order valence-corrected chi connectivity index (χ4v) is 6.35. The maximum Gasteiger partial charge on any atom is 0.151 e. The van der Waals surface area contributed by atoms with Gasteiger partial charge in [0.05, 0.1) is 18.1 Å². The third-order valence-electron chi connectivity index (χ3n) is 5.94. The average molecular weight is 504 g/mol. The number of ether oxygens (including phenoxy) is 1. The summed E-state index contributed by atoms with van der Waals surface area (Å²) in [5.41, 5.74) is 3.06. The second kappa shape index (κ2) is 10.5. The predicted octanol–water partition coefficient (Wildman–Crippen LogP) is 4.65. The first-order chi connectivity index (χ1) is 16.2. The Kier molecular flexibility index (Phi) is 7.67. The van der Waals surface area contributed by atoms with Crippen molar-refractivity contribution in [3.8, 4) is 17.1 Å². The van der Waals surface area contributed by atoms with Crippen LogP contribution in [0.2, 0.25) is 5.02 Å². The van der Waals surface area contributed by atoms with E-state index in [2.05, 4.69) is 6.07 Å². The fraction of sp³-hybridized carbons (Fsp3) is 0.385. The Hall–Kier alpha value is -2.32. The highest BCUT2D eigenvalue weighted by atomic mass is 35.5. The minimum atomic E-state index is -3.08. The molecule has 1 fully saturated rings. The van der Waals surface area contributed by atoms with E-state index in [1.54, 1.807) is 6.07 Å². The molecule has 0 bridgehead atoms. The molecule has 4 rings (SSSR count). The zero-order valence-electron chi connectivity index (χ0n) is 19.4. The van der Waals surface area contributed by atoms with Crippen LogP contribution in [0.4, 0.5) is 0 Å². The number of rotatable bonds is 9. The van der Waals surface area contributed by atoms with E-state index in [0.29, 0.717) is 35.3 Å². The molecule has 0 spiro atoms. The first-order valence-corrected chi connectivity index (χ1v) is 13.5. The quantitative estimate of drug-likeness (QED) is 0.458. The molecule has 2 aromatic carbocycles. The van der Waals surface area contributed by atoms with Gasteiger partial charge in [-0.15, -0.1) is 0 Å². The maximum absolute atomic E-state index is 12.1. The molecule has 8 heteroatoms. The van der Waals surface area contributed by atoms with E-state index in [0.717, 1.165) is 16.7 Å². The van der Waals surface area contributed by atoms with Crippen LogP contribution >= 0.6 is 11.6 Å². The van der Waals surface area contributed by atoms with Crippen molar-refractivity contribution in [2.75, 3.05) is 24.7 Å². The lowest BCUT2D eigenvalue weighted by molar-refractivity contribution is 0.0497. The van der Waals surface area contributed by atoms with E-state index in [1.807, 2.05) is 61.2 Å². The number of nitrogens with zero attached hydrogens (tertiary/aromatic N) is 1. The summed E-state index contributed by atoms with van der Waals surface area (Å²) in [7, 11) is -3.08. The van der Waals surface area contributed by atoms with Gasteiger partial charge in [0.15, 0.2) is 9.84 Å². The number of halogens is 1. The first kappa shape index (κ1) is 24.8. The van der Waals surface area contributed by atoms with Gasteiger partial charge in [-0.2, -0.15) is 0 Å². The molecule has 1 aliphatic heterocycles. The molecule has 2 unspecified atom stereocenters. The lowest BCUT2D eigenvalue weighted by Gasteiger charge is -2.29. The summed E-state index contributed by atoms with van der Waals surface area (Å²) < 4.78 is 36.1. The van der Waals surface area contributed by atoms with E-state index in [9.17, 15) is 13.5 Å². The summed E-state index contributed by atoms with van der Waals surface area (Å²) in [5, 5.41) is 11.4. The van der Waals surface area contributed by atoms with Crippen LogP contribution in [-0.4, -0.2) is 55.2 Å². The van der Waals surface area contributed by atoms with Crippen molar-refractivity contribution >= 4 is 21.4 Å². The second-order valence-corrected chi connectivity index (χ2v) is 11.7. The maximum atomic E-state index is 12.1. The molecule has 1 aromatic heterocycles. The zero-order valence-corrected chi connectivity index (χ0v) is 21.0. The number of sulfone groups is 1. The van der Waals surface area contributed by atoms with Gasteiger partial charge in [-0.25, -0.2) is 8.42 Å². The Morgan fingerprint density at radius 1 is 1.15 bits per heavy atom. The van der Waals surface area contributed by atoms with Crippen molar-refractivity contribution in [3.63, 3.8) is 0 Å². The monoisotopic (exact) mass is 503 g/mol. The molecule has 2 atom stereocenters. The molecule has 0 amide bonds. The summed E-state index contributed by atoms with van der Waals surface area (Å²) >= 11 is 6.10. The van der Waals surface area contributed by atoms with Crippen molar-refractivity contribution in [2.45, 2.75) is 39.0 Å². The number of hydrogen-bond acceptors (Lipinski definition) is 6. The largest absolute Gasteiger partial charge is 0.491 e. The second-order valence-electron chi connectivity index (χ2n) is 9.05. The van der Waals surface area contributed by atoms with Gasteiger partial charge in [0.1, 0.15) is 30.0 Å². The number of aliphatic hydroxyl groups is 1. The normalized spacial score (nSPS) is 18.3. The number of aryl methyl sites for hydroxylation is 2. The third-order valence-corrected chi connectivity index (χ3v) is 7.92. The van der Waals surface area contributed by atoms with Crippen molar-refractivity contribution in [3.05, 3.63) is 76.5 Å². The highest BCUT2D eigenvalue weighted by Gasteiger charge is 2.33. The van der Waals surface area contributed by atoms with Crippen molar-refractivity contribution in [1.82, 2.24) is 4.90 Å². The Labute approximate surface area is 206 Å². The van der Waals surface area contributed by atoms with Crippen molar-refractivity contribution in [1.29, 1.82) is 0 Å². The van der Waals surface area contributed by atoms with Crippen LogP contribution < -0.4 is 4.74 Å². The molecule has 2 heterocycles. The lowest BCUT2D eigenvalue weighted by atomic mass is 10.1. The molecular formula is C26H30ClNO5S. The highest BCUT2D eigenvalue weighted by Crippen LogP contribution is 2.27. The number of furan rings is 1. The molecule has 0 saturated carbocycles. The van der Waals surface area contributed by atoms with E-state index in [-0.39, 0.29) is 30.7 Å². The van der Waals surface area contributed by atoms with Gasteiger partial charge in [-0.05, 0) is 67.8 Å². The Morgan fingerprint density at radius 3 is 2.59 bits per heavy atom. The molecule has 3 aromatic rings. The SMILES string of the molecule is Cc1cc(C)cc(OCC(O)CN(Cc2ccc(-c3cccc(Cl)c3)o2)C2CCS(=O)(=O)C2)c1. The predicted molar refractivity (Wildman–Crippen MR) is 134 cm³/mol. The molecule has 182 valence electrons. The lowest BCUT2D eigenvalue weighted by Crippen LogP contribution is -2.42. The van der Waals surface area contributed by atoms with Crippen LogP contribution in [0.3, 0.4) is 0 Å². The number of hydrogen-bond donors (Lipinski definition) is 1. The van der Waals surface area contributed by atoms with Gasteiger partial charge < -0.3 is 14.3 Å². The minimum Gasteiger partial charge on any atom is -0.491 e. The van der Waals surface area contributed by atoms with Gasteiger partial charge in [0.2, 0.25) is 0 Å². The van der Waals surface area contributed by atoms with Crippen LogP contribution in [0.5, 0.6) is 5.75 Å². The molecule has 0 aliphatic carbocycles. The fourth-order valence-electron chi connectivity index (χ4n) is 4.40. The minimum absolute atomic E-state index is 0.0828. The van der Waals surface area contributed by atoms with Crippen LogP contribution in [0.1, 0.15) is 23.3 Å². The smallest absolute Gasteiger partial charge is 0.151 e. The van der Waals surface area contributed by atoms with E-state index < -0.39 is 15.9 Å². The molecule has 1 saturated heterocycles. The first-order valence-electron chi connectivity index (χ1n) is 11.4. The summed E-state index contributed by atoms with van der Waals surface area (Å²) in [6, 6.07) is 16.9. The summed E-state index contributed by atoms with van der Waals surface area (Å²) in [5.74, 6) is 2.34. The van der Waals surface area contributed by atoms with E-state index in [4.69, 9.17) is 20.8 Å². The summed E-state index contributed by atoms with van der Waals surface area (Å²) in [6.07, 6.45) is -0.249. The summed E-state index contributed by atoms with van der Waals surface area (Å²) in [4.78, 5) is 1.99. The molecule has 34 heavy (non-hydrogen) atoms. The molecule has 0 radical (unpaired) electrons. The molecule has 6 nitrogen and oxygen atoms in total. The standard InChI is InChI=1S/C26H30ClNO5S/c1-18-10-19(2)12-25(11-18)32-16-23(29)14-28(22-8-9-34(30,31)17-22)15-24-6-7-26(33-24)20-4-3-5-21(27)13-20/h3-7,10-13,22-23,29H,8-9,14-17H2,1-2H3. The van der Waals surface area contributed by atoms with Gasteiger partial charge in [0, 0.05) is 23.2 Å². The van der Waals surface area contributed by atoms with Crippen LogP contribution in [0.15, 0.2) is 59.0 Å². The summed E-state index contributed by atoms with van der Waals surface area (Å²) in [6.45, 7) is 4.78. The van der Waals surface area contributed by atoms with Gasteiger partial charge in [-0.1, -0.05) is 29.8 Å². The highest BCUT2D eigenvalue weighted by molar-refractivity contribution is 7.91. The molecular weight excluding hydrogens is 474 g/mol. The molecule has 1 aliphatic rings. The van der Waals surface area contributed by atoms with Crippen molar-refractivity contribution in [2.24, 2.45) is 0 Å². The van der Waals surface area contributed by atoms with Gasteiger partial charge >= 0.3 is 0 Å².